The molecule has 0 bridgehead atoms. The Morgan fingerprint density at radius 1 is 1.35 bits per heavy atom. The third kappa shape index (κ3) is 4.82. The molecule has 1 rings (SSSR count). The first-order valence-electron chi connectivity index (χ1n) is 7.13. The zero-order valence-electron chi connectivity index (χ0n) is 13.5. The lowest BCUT2D eigenvalue weighted by Crippen LogP contribution is -2.33. The van der Waals surface area contributed by atoms with Crippen LogP contribution in [-0.2, 0) is 0 Å². The van der Waals surface area contributed by atoms with Crippen LogP contribution in [0.2, 0.25) is 0 Å². The first-order valence-corrected chi connectivity index (χ1v) is 7.13. The van der Waals surface area contributed by atoms with Gasteiger partial charge in [-0.25, -0.2) is 0 Å². The maximum Gasteiger partial charge on any atom is 0.103 e. The number of anilines is 1. The minimum absolute atomic E-state index is 0.332. The third-order valence-electron chi connectivity index (χ3n) is 3.14. The van der Waals surface area contributed by atoms with E-state index in [9.17, 15) is 5.26 Å². The summed E-state index contributed by atoms with van der Waals surface area (Å²) < 4.78 is 0. The van der Waals surface area contributed by atoms with Crippen molar-refractivity contribution >= 4 is 5.69 Å². The lowest BCUT2D eigenvalue weighted by molar-refractivity contribution is 0.356. The van der Waals surface area contributed by atoms with Gasteiger partial charge in [-0.3, -0.25) is 4.98 Å². The summed E-state index contributed by atoms with van der Waals surface area (Å²) in [6, 6.07) is 4.56. The predicted octanol–water partition coefficient (Wildman–Crippen LogP) is 2.96. The first kappa shape index (κ1) is 16.5. The van der Waals surface area contributed by atoms with Gasteiger partial charge in [-0.05, 0) is 46.3 Å². The fourth-order valence-electron chi connectivity index (χ4n) is 2.49. The largest absolute Gasteiger partial charge is 0.380 e. The summed E-state index contributed by atoms with van der Waals surface area (Å²) in [6.45, 7) is 9.24. The van der Waals surface area contributed by atoms with Gasteiger partial charge in [0.2, 0.25) is 0 Å². The van der Waals surface area contributed by atoms with Gasteiger partial charge in [-0.15, -0.1) is 0 Å². The van der Waals surface area contributed by atoms with Crippen molar-refractivity contribution in [1.29, 1.82) is 5.26 Å². The highest BCUT2D eigenvalue weighted by molar-refractivity contribution is 5.60. The van der Waals surface area contributed by atoms with Crippen molar-refractivity contribution in [3.63, 3.8) is 0 Å². The number of pyridine rings is 1. The molecule has 110 valence electrons. The second-order valence-electron chi connectivity index (χ2n) is 6.12. The summed E-state index contributed by atoms with van der Waals surface area (Å²) in [7, 11) is 4.15. The fraction of sp³-hybridized carbons (Fsp3) is 0.625. The fourth-order valence-corrected chi connectivity index (χ4v) is 2.49. The second kappa shape index (κ2) is 7.25. The molecule has 20 heavy (non-hydrogen) atoms. The zero-order valence-corrected chi connectivity index (χ0v) is 13.5. The Bertz CT molecular complexity index is 476. The predicted molar refractivity (Wildman–Crippen MR) is 83.8 cm³/mol. The normalized spacial score (nSPS) is 12.6. The number of rotatable bonds is 6. The minimum atomic E-state index is 0.332. The quantitative estimate of drug-likeness (QED) is 0.866. The average Bonchev–Trinajstić information content (AvgIpc) is 2.26. The SMILES string of the molecule is Cc1cc(NC(CC(C)C)CN(C)C)c(C#N)c(C)n1. The first-order chi connectivity index (χ1) is 9.33. The summed E-state index contributed by atoms with van der Waals surface area (Å²) >= 11 is 0. The van der Waals surface area contributed by atoms with Crippen LogP contribution in [0.15, 0.2) is 6.07 Å². The summed E-state index contributed by atoms with van der Waals surface area (Å²) in [5.41, 5.74) is 3.30. The van der Waals surface area contributed by atoms with E-state index in [0.29, 0.717) is 17.5 Å². The van der Waals surface area contributed by atoms with E-state index >= 15 is 0 Å². The minimum Gasteiger partial charge on any atom is -0.380 e. The highest BCUT2D eigenvalue weighted by Crippen LogP contribution is 2.21. The highest BCUT2D eigenvalue weighted by Gasteiger charge is 2.15. The number of aryl methyl sites for hydroxylation is 2. The summed E-state index contributed by atoms with van der Waals surface area (Å²) in [4.78, 5) is 6.53. The van der Waals surface area contributed by atoms with Crippen molar-refractivity contribution in [1.82, 2.24) is 9.88 Å². The van der Waals surface area contributed by atoms with Crippen molar-refractivity contribution in [2.75, 3.05) is 26.0 Å². The van der Waals surface area contributed by atoms with Gasteiger partial charge in [0.1, 0.15) is 6.07 Å². The molecule has 1 aromatic rings. The zero-order chi connectivity index (χ0) is 15.3. The molecule has 1 atom stereocenters. The number of nitriles is 1. The van der Waals surface area contributed by atoms with Crippen LogP contribution in [0.25, 0.3) is 0 Å². The van der Waals surface area contributed by atoms with Gasteiger partial charge in [0.25, 0.3) is 0 Å². The lowest BCUT2D eigenvalue weighted by Gasteiger charge is -2.25. The van der Waals surface area contributed by atoms with Crippen LogP contribution in [0.3, 0.4) is 0 Å². The van der Waals surface area contributed by atoms with Gasteiger partial charge in [0.05, 0.1) is 16.9 Å². The van der Waals surface area contributed by atoms with Gasteiger partial charge >= 0.3 is 0 Å². The maximum absolute atomic E-state index is 9.33. The van der Waals surface area contributed by atoms with Crippen LogP contribution in [0.1, 0.15) is 37.2 Å². The Labute approximate surface area is 122 Å². The van der Waals surface area contributed by atoms with Crippen LogP contribution >= 0.6 is 0 Å². The van der Waals surface area contributed by atoms with Crippen molar-refractivity contribution in [3.05, 3.63) is 23.0 Å². The van der Waals surface area contributed by atoms with Gasteiger partial charge < -0.3 is 10.2 Å². The van der Waals surface area contributed by atoms with Gasteiger partial charge in [0.15, 0.2) is 0 Å². The van der Waals surface area contributed by atoms with Crippen LogP contribution in [0.4, 0.5) is 5.69 Å². The molecule has 0 fully saturated rings. The maximum atomic E-state index is 9.33. The molecule has 0 aromatic carbocycles. The van der Waals surface area contributed by atoms with Crippen molar-refractivity contribution in [3.8, 4) is 6.07 Å². The lowest BCUT2D eigenvalue weighted by atomic mass is 10.0. The Morgan fingerprint density at radius 2 is 2.00 bits per heavy atom. The standard InChI is InChI=1S/C16H26N4/c1-11(2)7-14(10-20(5)6)19-16-8-12(3)18-13(4)15(16)9-17/h8,11,14H,7,10H2,1-6H3,(H,18,19). The number of nitrogens with zero attached hydrogens (tertiary/aromatic N) is 3. The molecule has 1 aromatic heterocycles. The number of aromatic nitrogens is 1. The molecule has 0 amide bonds. The average molecular weight is 274 g/mol. The van der Waals surface area contributed by atoms with Crippen LogP contribution in [0.5, 0.6) is 0 Å². The van der Waals surface area contributed by atoms with Crippen molar-refractivity contribution < 1.29 is 0 Å². The van der Waals surface area contributed by atoms with E-state index in [2.05, 4.69) is 49.2 Å². The Morgan fingerprint density at radius 3 is 2.50 bits per heavy atom. The third-order valence-corrected chi connectivity index (χ3v) is 3.14. The smallest absolute Gasteiger partial charge is 0.103 e. The Balaban J connectivity index is 3.01. The van der Waals surface area contributed by atoms with Crippen LogP contribution < -0.4 is 5.32 Å². The van der Waals surface area contributed by atoms with Crippen LogP contribution in [-0.4, -0.2) is 36.6 Å². The number of nitrogens with one attached hydrogen (secondary N) is 1. The van der Waals surface area contributed by atoms with E-state index < -0.39 is 0 Å². The summed E-state index contributed by atoms with van der Waals surface area (Å²) in [6.07, 6.45) is 1.07. The van der Waals surface area contributed by atoms with Gasteiger partial charge in [0, 0.05) is 18.3 Å². The van der Waals surface area contributed by atoms with E-state index in [4.69, 9.17) is 0 Å². The van der Waals surface area contributed by atoms with E-state index in [0.717, 1.165) is 30.0 Å². The monoisotopic (exact) mass is 274 g/mol. The number of hydrogen-bond donors (Lipinski definition) is 1. The second-order valence-corrected chi connectivity index (χ2v) is 6.12. The molecule has 0 aliphatic heterocycles. The highest BCUT2D eigenvalue weighted by atomic mass is 15.1. The topological polar surface area (TPSA) is 52.0 Å². The molecule has 0 saturated carbocycles. The molecule has 4 nitrogen and oxygen atoms in total. The molecular weight excluding hydrogens is 248 g/mol. The molecule has 1 heterocycles. The Kier molecular flexibility index (Phi) is 5.97. The molecule has 0 saturated heterocycles. The van der Waals surface area contributed by atoms with E-state index in [1.807, 2.05) is 19.9 Å². The molecule has 1 N–H and O–H groups in total. The summed E-state index contributed by atoms with van der Waals surface area (Å²) in [5, 5.41) is 12.9. The molecule has 1 unspecified atom stereocenters. The summed E-state index contributed by atoms with van der Waals surface area (Å²) in [5.74, 6) is 0.613. The van der Waals surface area contributed by atoms with E-state index in [1.165, 1.54) is 0 Å². The van der Waals surface area contributed by atoms with E-state index in [1.54, 1.807) is 0 Å². The molecule has 4 heteroatoms. The number of likely N-dealkylation sites (N-methyl/N-ethyl adjacent to an activating group) is 1. The number of hydrogen-bond acceptors (Lipinski definition) is 4. The Hall–Kier alpha value is -1.60. The molecular formula is C16H26N4. The van der Waals surface area contributed by atoms with Crippen molar-refractivity contribution in [2.45, 2.75) is 40.2 Å². The van der Waals surface area contributed by atoms with Gasteiger partial charge in [-0.1, -0.05) is 13.8 Å². The van der Waals surface area contributed by atoms with Crippen molar-refractivity contribution in [2.24, 2.45) is 5.92 Å². The van der Waals surface area contributed by atoms with Crippen LogP contribution in [0, 0.1) is 31.1 Å². The van der Waals surface area contributed by atoms with E-state index in [-0.39, 0.29) is 0 Å². The molecule has 0 radical (unpaired) electrons. The van der Waals surface area contributed by atoms with Gasteiger partial charge in [-0.2, -0.15) is 5.26 Å². The molecule has 0 aliphatic carbocycles. The molecule has 0 aliphatic rings. The molecule has 0 spiro atoms.